The molecule has 0 radical (unpaired) electrons. The van der Waals surface area contributed by atoms with E-state index in [4.69, 9.17) is 14.2 Å². The summed E-state index contributed by atoms with van der Waals surface area (Å²) in [6.07, 6.45) is -5.92. The van der Waals surface area contributed by atoms with Crippen molar-refractivity contribution in [2.75, 3.05) is 23.6 Å². The summed E-state index contributed by atoms with van der Waals surface area (Å²) in [6, 6.07) is 7.01. The van der Waals surface area contributed by atoms with Crippen LogP contribution in [-0.2, 0) is 20.5 Å². The van der Waals surface area contributed by atoms with Gasteiger partial charge in [-0.25, -0.2) is 4.79 Å². The van der Waals surface area contributed by atoms with Gasteiger partial charge in [0.1, 0.15) is 6.54 Å². The largest absolute Gasteiger partial charge is 0.454 e. The molecule has 2 heterocycles. The first-order valence-corrected chi connectivity index (χ1v) is 9.06. The van der Waals surface area contributed by atoms with Crippen molar-refractivity contribution in [1.82, 2.24) is 0 Å². The first-order chi connectivity index (χ1) is 14.6. The van der Waals surface area contributed by atoms with Gasteiger partial charge in [0, 0.05) is 0 Å². The van der Waals surface area contributed by atoms with E-state index in [1.54, 1.807) is 0 Å². The van der Waals surface area contributed by atoms with Gasteiger partial charge in [-0.2, -0.15) is 13.2 Å². The minimum absolute atomic E-state index is 0.0230. The van der Waals surface area contributed by atoms with Crippen molar-refractivity contribution in [1.29, 1.82) is 0 Å². The van der Waals surface area contributed by atoms with Crippen LogP contribution in [0.1, 0.15) is 22.8 Å². The molecule has 1 N–H and O–H groups in total. The lowest BCUT2D eigenvalue weighted by atomic mass is 10.1. The molecule has 4 rings (SSSR count). The highest BCUT2D eigenvalue weighted by atomic mass is 19.4. The van der Waals surface area contributed by atoms with Gasteiger partial charge in [0.25, 0.3) is 5.91 Å². The van der Waals surface area contributed by atoms with Crippen LogP contribution in [0.3, 0.4) is 0 Å². The molecule has 0 saturated heterocycles. The number of carbonyl (C=O) groups is 3. The van der Waals surface area contributed by atoms with E-state index in [1.165, 1.54) is 25.1 Å². The summed E-state index contributed by atoms with van der Waals surface area (Å²) in [7, 11) is 0. The van der Waals surface area contributed by atoms with E-state index >= 15 is 0 Å². The van der Waals surface area contributed by atoms with Gasteiger partial charge in [-0.3, -0.25) is 14.5 Å². The van der Waals surface area contributed by atoms with Crippen LogP contribution in [0.15, 0.2) is 36.4 Å². The Hall–Kier alpha value is -3.76. The molecule has 0 bridgehead atoms. The van der Waals surface area contributed by atoms with Gasteiger partial charge in [0.05, 0.1) is 22.5 Å². The maximum Gasteiger partial charge on any atom is 0.416 e. The van der Waals surface area contributed by atoms with Crippen LogP contribution in [0.2, 0.25) is 0 Å². The van der Waals surface area contributed by atoms with Crippen LogP contribution in [-0.4, -0.2) is 37.2 Å². The lowest BCUT2D eigenvalue weighted by Crippen LogP contribution is -2.47. The number of ether oxygens (including phenoxy) is 3. The second-order valence-electron chi connectivity index (χ2n) is 6.82. The zero-order valence-electron chi connectivity index (χ0n) is 16.0. The lowest BCUT2D eigenvalue weighted by molar-refractivity contribution is -0.137. The van der Waals surface area contributed by atoms with Crippen LogP contribution in [0.5, 0.6) is 11.5 Å². The van der Waals surface area contributed by atoms with Gasteiger partial charge in [-0.05, 0) is 43.3 Å². The molecule has 31 heavy (non-hydrogen) atoms. The number of rotatable bonds is 3. The smallest absolute Gasteiger partial charge is 0.416 e. The minimum atomic E-state index is -4.61. The highest BCUT2D eigenvalue weighted by molar-refractivity contribution is 6.11. The predicted octanol–water partition coefficient (Wildman–Crippen LogP) is 2.96. The van der Waals surface area contributed by atoms with Crippen molar-refractivity contribution in [2.45, 2.75) is 19.2 Å². The highest BCUT2D eigenvalue weighted by Crippen LogP contribution is 2.37. The fourth-order valence-corrected chi connectivity index (χ4v) is 3.18. The van der Waals surface area contributed by atoms with Gasteiger partial charge in [0.2, 0.25) is 12.7 Å². The SMILES string of the molecule is CC(OC(=O)c1ccc2c(c1)OCO2)C(=O)N1CC(=O)Nc2cc(C(F)(F)F)ccc21. The fraction of sp³-hybridized carbons (Fsp3) is 0.250. The molecule has 2 amide bonds. The first-order valence-electron chi connectivity index (χ1n) is 9.06. The summed E-state index contributed by atoms with van der Waals surface area (Å²) in [5.74, 6) is -1.42. The first kappa shape index (κ1) is 20.5. The van der Waals surface area contributed by atoms with E-state index in [2.05, 4.69) is 5.32 Å². The molecule has 0 saturated carbocycles. The molecule has 0 spiro atoms. The molecule has 8 nitrogen and oxygen atoms in total. The molecule has 0 aromatic heterocycles. The number of hydrogen-bond donors (Lipinski definition) is 1. The number of amides is 2. The minimum Gasteiger partial charge on any atom is -0.454 e. The summed E-state index contributed by atoms with van der Waals surface area (Å²) in [5, 5.41) is 2.32. The van der Waals surface area contributed by atoms with Crippen molar-refractivity contribution in [3.8, 4) is 11.5 Å². The Morgan fingerprint density at radius 2 is 1.87 bits per heavy atom. The second-order valence-corrected chi connectivity index (χ2v) is 6.82. The van der Waals surface area contributed by atoms with Crippen LogP contribution < -0.4 is 19.7 Å². The Morgan fingerprint density at radius 3 is 2.61 bits per heavy atom. The van der Waals surface area contributed by atoms with Crippen molar-refractivity contribution < 1.29 is 41.8 Å². The summed E-state index contributed by atoms with van der Waals surface area (Å²) < 4.78 is 54.4. The monoisotopic (exact) mass is 436 g/mol. The van der Waals surface area contributed by atoms with E-state index in [0.717, 1.165) is 23.1 Å². The van der Waals surface area contributed by atoms with E-state index in [1.807, 2.05) is 0 Å². The summed E-state index contributed by atoms with van der Waals surface area (Å²) >= 11 is 0. The number of carbonyl (C=O) groups excluding carboxylic acids is 3. The fourth-order valence-electron chi connectivity index (χ4n) is 3.18. The van der Waals surface area contributed by atoms with Crippen molar-refractivity contribution >= 4 is 29.2 Å². The van der Waals surface area contributed by atoms with Crippen LogP contribution in [0, 0.1) is 0 Å². The Labute approximate surface area is 173 Å². The Bertz CT molecular complexity index is 1090. The molecule has 2 aliphatic heterocycles. The molecule has 2 aromatic carbocycles. The van der Waals surface area contributed by atoms with Gasteiger partial charge >= 0.3 is 12.1 Å². The van der Waals surface area contributed by atoms with E-state index < -0.39 is 42.2 Å². The van der Waals surface area contributed by atoms with E-state index in [9.17, 15) is 27.6 Å². The number of hydrogen-bond acceptors (Lipinski definition) is 6. The Morgan fingerprint density at radius 1 is 1.13 bits per heavy atom. The third-order valence-corrected chi connectivity index (χ3v) is 4.70. The molecule has 1 unspecified atom stereocenters. The summed E-state index contributed by atoms with van der Waals surface area (Å²) in [6.45, 7) is 0.905. The third-order valence-electron chi connectivity index (χ3n) is 4.70. The molecule has 2 aromatic rings. The molecule has 0 fully saturated rings. The lowest BCUT2D eigenvalue weighted by Gasteiger charge is -2.31. The highest BCUT2D eigenvalue weighted by Gasteiger charge is 2.35. The van der Waals surface area contributed by atoms with Crippen LogP contribution in [0.25, 0.3) is 0 Å². The molecular weight excluding hydrogens is 421 g/mol. The molecule has 162 valence electrons. The van der Waals surface area contributed by atoms with Gasteiger partial charge in [0.15, 0.2) is 17.6 Å². The average molecular weight is 436 g/mol. The molecule has 11 heteroatoms. The van der Waals surface area contributed by atoms with Gasteiger partial charge < -0.3 is 19.5 Å². The number of anilines is 2. The number of nitrogens with one attached hydrogen (secondary N) is 1. The molecule has 0 aliphatic carbocycles. The normalized spacial score (nSPS) is 15.7. The maximum atomic E-state index is 13.0. The number of alkyl halides is 3. The zero-order chi connectivity index (χ0) is 22.3. The van der Waals surface area contributed by atoms with Crippen molar-refractivity contribution in [3.63, 3.8) is 0 Å². The van der Waals surface area contributed by atoms with Crippen molar-refractivity contribution in [2.24, 2.45) is 0 Å². The molecular formula is C20H15F3N2O6. The summed E-state index contributed by atoms with van der Waals surface area (Å²) in [5.41, 5.74) is -0.934. The number of halogens is 3. The topological polar surface area (TPSA) is 94.2 Å². The Kier molecular flexibility index (Phi) is 4.96. The second kappa shape index (κ2) is 7.49. The number of fused-ring (bicyclic) bond motifs is 2. The Balaban J connectivity index is 1.52. The standard InChI is InChI=1S/C20H15F3N2O6/c1-10(31-19(28)11-2-5-15-16(6-11)30-9-29-15)18(27)25-8-17(26)24-13-7-12(20(21,22)23)3-4-14(13)25/h2-7,10H,8-9H2,1H3,(H,24,26). The van der Waals surface area contributed by atoms with Gasteiger partial charge in [-0.15, -0.1) is 0 Å². The molecule has 1 atom stereocenters. The van der Waals surface area contributed by atoms with Crippen molar-refractivity contribution in [3.05, 3.63) is 47.5 Å². The predicted molar refractivity (Wildman–Crippen MR) is 99.9 cm³/mol. The third kappa shape index (κ3) is 3.98. The number of esters is 1. The zero-order valence-corrected chi connectivity index (χ0v) is 16.0. The van der Waals surface area contributed by atoms with Gasteiger partial charge in [-0.1, -0.05) is 0 Å². The quantitative estimate of drug-likeness (QED) is 0.744. The van der Waals surface area contributed by atoms with Crippen LogP contribution in [0.4, 0.5) is 24.5 Å². The van der Waals surface area contributed by atoms with Crippen LogP contribution >= 0.6 is 0 Å². The van der Waals surface area contributed by atoms with E-state index in [-0.39, 0.29) is 23.7 Å². The van der Waals surface area contributed by atoms with E-state index in [0.29, 0.717) is 11.5 Å². The average Bonchev–Trinajstić information content (AvgIpc) is 3.19. The molecule has 2 aliphatic rings. The summed E-state index contributed by atoms with van der Waals surface area (Å²) in [4.78, 5) is 38.2. The maximum absolute atomic E-state index is 13.0. The number of nitrogens with zero attached hydrogens (tertiary/aromatic N) is 1. The number of benzene rings is 2.